The number of rotatable bonds is 9. The predicted molar refractivity (Wildman–Crippen MR) is 129 cm³/mol. The summed E-state index contributed by atoms with van der Waals surface area (Å²) in [5.41, 5.74) is -0.653. The molecule has 2 N–H and O–H groups in total. The first-order valence-corrected chi connectivity index (χ1v) is 13.2. The molecule has 4 atom stereocenters. The third-order valence-electron chi connectivity index (χ3n) is 4.58. The quantitative estimate of drug-likeness (QED) is 0.271. The van der Waals surface area contributed by atoms with Crippen molar-refractivity contribution < 1.29 is 23.3 Å². The van der Waals surface area contributed by atoms with Crippen molar-refractivity contribution in [3.05, 3.63) is 73.5 Å². The van der Waals surface area contributed by atoms with E-state index < -0.39 is 42.2 Å². The fraction of sp³-hybridized carbons (Fsp3) is 0.350. The smallest absolute Gasteiger partial charge is 0.330 e. The Morgan fingerprint density at radius 3 is 2.70 bits per heavy atom. The highest BCUT2D eigenvalue weighted by Gasteiger charge is 2.30. The maximum absolute atomic E-state index is 12.1. The number of esters is 1. The molecule has 33 heavy (non-hydrogen) atoms. The monoisotopic (exact) mass is 559 g/mol. The van der Waals surface area contributed by atoms with E-state index >= 15 is 0 Å². The largest absolute Gasteiger partial charge is 0.468 e. The van der Waals surface area contributed by atoms with Gasteiger partial charge in [0.25, 0.3) is 5.56 Å². The molecule has 178 valence electrons. The fourth-order valence-electron chi connectivity index (χ4n) is 2.88. The molecular weight excluding hydrogens is 537 g/mol. The lowest BCUT2D eigenvalue weighted by Crippen LogP contribution is -2.35. The molecule has 0 bridgehead atoms. The first kappa shape index (κ1) is 25.5. The number of ether oxygens (including phenoxy) is 2. The molecule has 0 fully saturated rings. The highest BCUT2D eigenvalue weighted by Crippen LogP contribution is 2.46. The highest BCUT2D eigenvalue weighted by atomic mass is 79.9. The van der Waals surface area contributed by atoms with Gasteiger partial charge in [0.2, 0.25) is 0 Å². The second kappa shape index (κ2) is 10.9. The van der Waals surface area contributed by atoms with Crippen LogP contribution < -0.4 is 20.9 Å². The summed E-state index contributed by atoms with van der Waals surface area (Å²) in [6, 6.07) is 6.23. The van der Waals surface area contributed by atoms with E-state index in [-0.39, 0.29) is 6.61 Å². The van der Waals surface area contributed by atoms with Crippen molar-refractivity contribution >= 4 is 40.3 Å². The van der Waals surface area contributed by atoms with Gasteiger partial charge in [0.15, 0.2) is 6.23 Å². The van der Waals surface area contributed by atoms with Gasteiger partial charge in [-0.15, -0.1) is 0 Å². The summed E-state index contributed by atoms with van der Waals surface area (Å²) in [6.07, 6.45) is 3.58. The average molecular weight is 560 g/mol. The van der Waals surface area contributed by atoms with Gasteiger partial charge < -0.3 is 18.5 Å². The van der Waals surface area contributed by atoms with Gasteiger partial charge in [-0.2, -0.15) is 0 Å². The standard InChI is InChI=1S/C20H23BrN3O7PS/c1-12-10-24(20(27)22-18(12)25)17-9-8-16(30-17)11-29-32(33,23-13(2)19(26)28-3)31-15-6-4-14(21)5-7-15/h4-10,13,16-17H,11H2,1-3H3,(H,23,33)(H,22,25,27)/t13-,16+,17-,32?/m1/s1. The summed E-state index contributed by atoms with van der Waals surface area (Å²) in [5.74, 6) is -0.0563. The summed E-state index contributed by atoms with van der Waals surface area (Å²) in [7, 11) is 1.28. The lowest BCUT2D eigenvalue weighted by molar-refractivity contribution is -0.142. The van der Waals surface area contributed by atoms with Gasteiger partial charge in [-0.3, -0.25) is 19.1 Å². The van der Waals surface area contributed by atoms with E-state index in [2.05, 4.69) is 26.0 Å². The molecule has 0 radical (unpaired) electrons. The van der Waals surface area contributed by atoms with Crippen LogP contribution in [-0.4, -0.2) is 41.4 Å². The number of nitrogens with one attached hydrogen (secondary N) is 2. The molecule has 3 rings (SSSR count). The van der Waals surface area contributed by atoms with E-state index in [0.29, 0.717) is 11.3 Å². The first-order chi connectivity index (χ1) is 15.6. The number of halogens is 1. The molecule has 1 aliphatic rings. The number of aromatic amines is 1. The molecule has 1 aromatic carbocycles. The third kappa shape index (κ3) is 6.72. The molecule has 0 saturated carbocycles. The van der Waals surface area contributed by atoms with E-state index in [9.17, 15) is 14.4 Å². The van der Waals surface area contributed by atoms with Crippen molar-refractivity contribution in [3.63, 3.8) is 0 Å². The average Bonchev–Trinajstić information content (AvgIpc) is 3.25. The highest BCUT2D eigenvalue weighted by molar-refractivity contribution is 9.10. The summed E-state index contributed by atoms with van der Waals surface area (Å²) < 4.78 is 24.6. The Kier molecular flexibility index (Phi) is 8.43. The number of aryl methyl sites for hydroxylation is 1. The number of hydrogen-bond acceptors (Lipinski definition) is 8. The maximum atomic E-state index is 12.1. The number of hydrogen-bond donors (Lipinski definition) is 2. The minimum Gasteiger partial charge on any atom is -0.468 e. The van der Waals surface area contributed by atoms with E-state index in [1.807, 2.05) is 0 Å². The fourth-order valence-corrected chi connectivity index (χ4v) is 5.56. The van der Waals surface area contributed by atoms with Crippen LogP contribution in [0.1, 0.15) is 18.7 Å². The van der Waals surface area contributed by atoms with Crippen molar-refractivity contribution in [2.24, 2.45) is 0 Å². The summed E-state index contributed by atoms with van der Waals surface area (Å²) in [5, 5.41) is 2.92. The molecule has 0 spiro atoms. The Bertz CT molecular complexity index is 1200. The zero-order chi connectivity index (χ0) is 24.2. The van der Waals surface area contributed by atoms with Crippen LogP contribution in [0.4, 0.5) is 0 Å². The van der Waals surface area contributed by atoms with E-state index in [1.165, 1.54) is 17.9 Å². The molecule has 1 aromatic heterocycles. The van der Waals surface area contributed by atoms with E-state index in [1.54, 1.807) is 50.3 Å². The van der Waals surface area contributed by atoms with Crippen LogP contribution >= 0.6 is 22.6 Å². The SMILES string of the molecule is COC(=O)[C@@H](C)NP(=S)(OC[C@@H]1C=C[C@H](n2cc(C)c(=O)[nH]c2=O)O1)Oc1ccc(Br)cc1. The molecule has 2 aromatic rings. The normalized spacial score (nSPS) is 20.2. The molecule has 10 nitrogen and oxygen atoms in total. The maximum Gasteiger partial charge on any atom is 0.330 e. The molecule has 1 unspecified atom stereocenters. The Hall–Kier alpha value is -2.08. The number of carbonyl (C=O) groups is 1. The zero-order valence-corrected chi connectivity index (χ0v) is 21.3. The summed E-state index contributed by atoms with van der Waals surface area (Å²) >= 11 is 8.99. The molecule has 0 aliphatic carbocycles. The number of H-pyrrole nitrogens is 1. The van der Waals surface area contributed by atoms with Crippen LogP contribution in [-0.2, 0) is 30.6 Å². The zero-order valence-electron chi connectivity index (χ0n) is 18.0. The summed E-state index contributed by atoms with van der Waals surface area (Å²) in [6.45, 7) is -0.0253. The van der Waals surface area contributed by atoms with Gasteiger partial charge in [-0.1, -0.05) is 22.0 Å². The van der Waals surface area contributed by atoms with Gasteiger partial charge in [-0.05, 0) is 56.0 Å². The number of benzene rings is 1. The van der Waals surface area contributed by atoms with E-state index in [4.69, 9.17) is 30.3 Å². The van der Waals surface area contributed by atoms with Gasteiger partial charge in [0.05, 0.1) is 13.7 Å². The van der Waals surface area contributed by atoms with Crippen molar-refractivity contribution in [2.75, 3.05) is 13.7 Å². The molecular formula is C20H23BrN3O7PS. The number of methoxy groups -OCH3 is 1. The topological polar surface area (TPSA) is 121 Å². The predicted octanol–water partition coefficient (Wildman–Crippen LogP) is 2.53. The van der Waals surface area contributed by atoms with Crippen LogP contribution in [0.25, 0.3) is 0 Å². The van der Waals surface area contributed by atoms with Crippen molar-refractivity contribution in [1.82, 2.24) is 14.6 Å². The van der Waals surface area contributed by atoms with Crippen LogP contribution in [0.3, 0.4) is 0 Å². The lowest BCUT2D eigenvalue weighted by Gasteiger charge is -2.27. The van der Waals surface area contributed by atoms with Crippen molar-refractivity contribution in [1.29, 1.82) is 0 Å². The Balaban J connectivity index is 1.71. The Morgan fingerprint density at radius 1 is 1.33 bits per heavy atom. The van der Waals surface area contributed by atoms with Gasteiger partial charge in [-0.25, -0.2) is 9.88 Å². The van der Waals surface area contributed by atoms with Crippen LogP contribution in [0.5, 0.6) is 5.75 Å². The van der Waals surface area contributed by atoms with Crippen LogP contribution in [0.15, 0.2) is 56.7 Å². The molecule has 2 heterocycles. The number of carbonyl (C=O) groups excluding carboxylic acids is 1. The molecule has 0 amide bonds. The number of aromatic nitrogens is 2. The minimum absolute atomic E-state index is 0.00121. The molecule has 0 saturated heterocycles. The second-order valence-electron chi connectivity index (χ2n) is 7.14. The Labute approximate surface area is 203 Å². The first-order valence-electron chi connectivity index (χ1n) is 9.81. The molecule has 13 heteroatoms. The van der Waals surface area contributed by atoms with Gasteiger partial charge >= 0.3 is 18.3 Å². The van der Waals surface area contributed by atoms with Gasteiger partial charge in [0, 0.05) is 16.2 Å². The second-order valence-corrected chi connectivity index (χ2v) is 11.2. The summed E-state index contributed by atoms with van der Waals surface area (Å²) in [4.78, 5) is 37.9. The van der Waals surface area contributed by atoms with Crippen LogP contribution in [0, 0.1) is 6.92 Å². The van der Waals surface area contributed by atoms with Crippen molar-refractivity contribution in [3.8, 4) is 5.75 Å². The number of nitrogens with zero attached hydrogens (tertiary/aromatic N) is 1. The van der Waals surface area contributed by atoms with Crippen molar-refractivity contribution in [2.45, 2.75) is 32.2 Å². The Morgan fingerprint density at radius 2 is 2.03 bits per heavy atom. The lowest BCUT2D eigenvalue weighted by atomic mass is 10.3. The third-order valence-corrected chi connectivity index (χ3v) is 7.61. The molecule has 1 aliphatic heterocycles. The van der Waals surface area contributed by atoms with Crippen LogP contribution in [0.2, 0.25) is 0 Å². The minimum atomic E-state index is -3.21. The van der Waals surface area contributed by atoms with Gasteiger partial charge in [0.1, 0.15) is 17.9 Å². The van der Waals surface area contributed by atoms with E-state index in [0.717, 1.165) is 4.47 Å².